The summed E-state index contributed by atoms with van der Waals surface area (Å²) < 4.78 is 58.8. The average molecular weight is 530 g/mol. The normalized spacial score (nSPS) is 14.1. The highest BCUT2D eigenvalue weighted by Gasteiger charge is 2.30. The number of aliphatic carboxylic acids is 1. The summed E-state index contributed by atoms with van der Waals surface area (Å²) in [6.45, 7) is 0.808. The van der Waals surface area contributed by atoms with Crippen LogP contribution in [0.15, 0.2) is 60.7 Å². The number of carbonyl (C=O) groups is 2. The molecule has 4 rings (SSSR count). The lowest BCUT2D eigenvalue weighted by molar-refractivity contribution is -0.153. The Hall–Kier alpha value is -3.88. The highest BCUT2D eigenvalue weighted by atomic mass is 19.4. The summed E-state index contributed by atoms with van der Waals surface area (Å²) in [7, 11) is 0. The minimum atomic E-state index is -4.61. The molecule has 3 aromatic carbocycles. The fraction of sp³-hybridized carbons (Fsp3) is 0.310. The molecule has 0 fully saturated rings. The molecule has 1 heterocycles. The third-order valence-corrected chi connectivity index (χ3v) is 6.64. The maximum absolute atomic E-state index is 14.8. The minimum Gasteiger partial charge on any atom is -0.483 e. The van der Waals surface area contributed by atoms with Crippen molar-refractivity contribution in [3.63, 3.8) is 0 Å². The smallest absolute Gasteiger partial charge is 0.422 e. The van der Waals surface area contributed by atoms with Crippen LogP contribution >= 0.6 is 0 Å². The highest BCUT2D eigenvalue weighted by Crippen LogP contribution is 2.38. The van der Waals surface area contributed by atoms with Gasteiger partial charge in [0.15, 0.2) is 6.61 Å². The van der Waals surface area contributed by atoms with Crippen LogP contribution in [0.5, 0.6) is 5.75 Å². The standard InChI is InChI=1S/C29H27F4NO4/c1-18(20-5-3-2-4-6-20)13-27(35)34-12-11-22-24(16-34)21(9-10-25(22)30)23-8-7-19(15-28(36)37)14-26(23)38-17-29(31,32)33/h2-10,14,18H,11-13,15-17H2,1H3,(H,36,37)/t18-/m1/s1. The first-order valence-electron chi connectivity index (χ1n) is 12.2. The van der Waals surface area contributed by atoms with E-state index in [2.05, 4.69) is 0 Å². The van der Waals surface area contributed by atoms with Gasteiger partial charge in [0, 0.05) is 25.1 Å². The summed E-state index contributed by atoms with van der Waals surface area (Å²) in [6.07, 6.45) is -4.49. The van der Waals surface area contributed by atoms with Crippen molar-refractivity contribution in [2.24, 2.45) is 0 Å². The molecular weight excluding hydrogens is 502 g/mol. The number of carboxylic acids is 1. The van der Waals surface area contributed by atoms with E-state index >= 15 is 0 Å². The number of halogens is 4. The summed E-state index contributed by atoms with van der Waals surface area (Å²) in [4.78, 5) is 26.0. The van der Waals surface area contributed by atoms with Crippen LogP contribution in [0.4, 0.5) is 17.6 Å². The summed E-state index contributed by atoms with van der Waals surface area (Å²) in [5.41, 5.74) is 2.90. The van der Waals surface area contributed by atoms with Crippen molar-refractivity contribution in [1.82, 2.24) is 4.90 Å². The molecule has 0 spiro atoms. The van der Waals surface area contributed by atoms with E-state index in [1.807, 2.05) is 37.3 Å². The third-order valence-electron chi connectivity index (χ3n) is 6.64. The number of nitrogens with zero attached hydrogens (tertiary/aromatic N) is 1. The van der Waals surface area contributed by atoms with Crippen LogP contribution in [0.3, 0.4) is 0 Å². The molecule has 1 aliphatic heterocycles. The Morgan fingerprint density at radius 2 is 1.74 bits per heavy atom. The summed E-state index contributed by atoms with van der Waals surface area (Å²) in [5, 5.41) is 9.11. The quantitative estimate of drug-likeness (QED) is 0.356. The van der Waals surface area contributed by atoms with Crippen molar-refractivity contribution in [3.05, 3.63) is 88.7 Å². The van der Waals surface area contributed by atoms with Crippen LogP contribution in [0.1, 0.15) is 41.5 Å². The Labute approximate surface area is 217 Å². The van der Waals surface area contributed by atoms with Gasteiger partial charge in [-0.3, -0.25) is 9.59 Å². The van der Waals surface area contributed by atoms with Crippen molar-refractivity contribution in [1.29, 1.82) is 0 Å². The van der Waals surface area contributed by atoms with Gasteiger partial charge in [-0.2, -0.15) is 13.2 Å². The molecule has 0 aliphatic carbocycles. The molecule has 38 heavy (non-hydrogen) atoms. The van der Waals surface area contributed by atoms with E-state index in [1.54, 1.807) is 4.90 Å². The van der Waals surface area contributed by atoms with Crippen LogP contribution in [-0.2, 0) is 29.0 Å². The van der Waals surface area contributed by atoms with E-state index in [0.717, 1.165) is 5.56 Å². The van der Waals surface area contributed by atoms with E-state index in [4.69, 9.17) is 9.84 Å². The van der Waals surface area contributed by atoms with E-state index in [0.29, 0.717) is 23.2 Å². The maximum Gasteiger partial charge on any atom is 0.422 e. The maximum atomic E-state index is 14.8. The molecule has 1 N–H and O–H groups in total. The third kappa shape index (κ3) is 6.51. The van der Waals surface area contributed by atoms with Gasteiger partial charge in [0.2, 0.25) is 5.91 Å². The summed E-state index contributed by atoms with van der Waals surface area (Å²) >= 11 is 0. The number of benzene rings is 3. The molecule has 3 aromatic rings. The number of ether oxygens (including phenoxy) is 1. The number of carboxylic acid groups (broad SMARTS) is 1. The van der Waals surface area contributed by atoms with Crippen LogP contribution in [0.2, 0.25) is 0 Å². The predicted molar refractivity (Wildman–Crippen MR) is 133 cm³/mol. The zero-order chi connectivity index (χ0) is 27.4. The van der Waals surface area contributed by atoms with Gasteiger partial charge < -0.3 is 14.7 Å². The van der Waals surface area contributed by atoms with Crippen molar-refractivity contribution in [2.45, 2.75) is 44.8 Å². The van der Waals surface area contributed by atoms with Crippen LogP contribution in [0.25, 0.3) is 11.1 Å². The molecule has 0 saturated carbocycles. The Balaban J connectivity index is 1.66. The zero-order valence-corrected chi connectivity index (χ0v) is 20.7. The number of alkyl halides is 3. The first-order valence-corrected chi connectivity index (χ1v) is 12.2. The Morgan fingerprint density at radius 3 is 2.42 bits per heavy atom. The summed E-state index contributed by atoms with van der Waals surface area (Å²) in [6, 6.07) is 16.6. The van der Waals surface area contributed by atoms with Gasteiger partial charge in [-0.15, -0.1) is 0 Å². The number of carbonyl (C=O) groups excluding carboxylic acids is 1. The van der Waals surface area contributed by atoms with Gasteiger partial charge in [-0.05, 0) is 52.3 Å². The van der Waals surface area contributed by atoms with Gasteiger partial charge in [-0.25, -0.2) is 4.39 Å². The largest absolute Gasteiger partial charge is 0.483 e. The van der Waals surface area contributed by atoms with E-state index < -0.39 is 31.0 Å². The lowest BCUT2D eigenvalue weighted by Gasteiger charge is -2.32. The molecule has 200 valence electrons. The number of fused-ring (bicyclic) bond motifs is 1. The fourth-order valence-electron chi connectivity index (χ4n) is 4.74. The predicted octanol–water partition coefficient (Wildman–Crippen LogP) is 6.14. The lowest BCUT2D eigenvalue weighted by Crippen LogP contribution is -2.37. The summed E-state index contributed by atoms with van der Waals surface area (Å²) in [5.74, 6) is -1.88. The number of hydrogen-bond acceptors (Lipinski definition) is 3. The second kappa shape index (κ2) is 11.2. The number of hydrogen-bond donors (Lipinski definition) is 1. The molecular formula is C29H27F4NO4. The molecule has 0 bridgehead atoms. The Kier molecular flexibility index (Phi) is 8.04. The van der Waals surface area contributed by atoms with Gasteiger partial charge in [0.25, 0.3) is 0 Å². The monoisotopic (exact) mass is 529 g/mol. The first kappa shape index (κ1) is 27.2. The second-order valence-corrected chi connectivity index (χ2v) is 9.44. The van der Waals surface area contributed by atoms with Crippen molar-refractivity contribution >= 4 is 11.9 Å². The van der Waals surface area contributed by atoms with Gasteiger partial charge >= 0.3 is 12.1 Å². The van der Waals surface area contributed by atoms with Crippen molar-refractivity contribution in [3.8, 4) is 16.9 Å². The van der Waals surface area contributed by atoms with Crippen molar-refractivity contribution in [2.75, 3.05) is 13.2 Å². The molecule has 1 amide bonds. The van der Waals surface area contributed by atoms with E-state index in [9.17, 15) is 27.2 Å². The second-order valence-electron chi connectivity index (χ2n) is 9.44. The van der Waals surface area contributed by atoms with E-state index in [1.165, 1.54) is 30.3 Å². The molecule has 5 nitrogen and oxygen atoms in total. The molecule has 0 unspecified atom stereocenters. The van der Waals surface area contributed by atoms with Crippen molar-refractivity contribution < 1.29 is 37.0 Å². The lowest BCUT2D eigenvalue weighted by atomic mass is 9.89. The number of rotatable bonds is 8. The van der Waals surface area contributed by atoms with Crippen LogP contribution < -0.4 is 4.74 Å². The minimum absolute atomic E-state index is 0.0266. The molecule has 0 aromatic heterocycles. The number of amides is 1. The van der Waals surface area contributed by atoms with E-state index in [-0.39, 0.29) is 48.1 Å². The fourth-order valence-corrected chi connectivity index (χ4v) is 4.74. The van der Waals surface area contributed by atoms with Gasteiger partial charge in [0.05, 0.1) is 6.42 Å². The van der Waals surface area contributed by atoms with Gasteiger partial charge in [0.1, 0.15) is 11.6 Å². The molecule has 0 saturated heterocycles. The Morgan fingerprint density at radius 1 is 1.03 bits per heavy atom. The Bertz CT molecular complexity index is 1320. The first-order chi connectivity index (χ1) is 18.0. The topological polar surface area (TPSA) is 66.8 Å². The molecule has 1 atom stereocenters. The highest BCUT2D eigenvalue weighted by molar-refractivity contribution is 5.80. The molecule has 0 radical (unpaired) electrons. The zero-order valence-electron chi connectivity index (χ0n) is 20.7. The molecule has 1 aliphatic rings. The van der Waals surface area contributed by atoms with Crippen LogP contribution in [-0.4, -0.2) is 41.2 Å². The van der Waals surface area contributed by atoms with Crippen LogP contribution in [0, 0.1) is 5.82 Å². The van der Waals surface area contributed by atoms with Gasteiger partial charge in [-0.1, -0.05) is 55.5 Å². The average Bonchev–Trinajstić information content (AvgIpc) is 2.87. The SMILES string of the molecule is C[C@H](CC(=O)N1CCc2c(F)ccc(-c3ccc(CC(=O)O)cc3OCC(F)(F)F)c2C1)c1ccccc1. The molecule has 9 heteroatoms.